The van der Waals surface area contributed by atoms with E-state index in [1.165, 1.54) is 18.5 Å². The van der Waals surface area contributed by atoms with Gasteiger partial charge in [-0.3, -0.25) is 9.10 Å². The van der Waals surface area contributed by atoms with E-state index in [4.69, 9.17) is 25.8 Å². The first-order chi connectivity index (χ1) is 16.2. The van der Waals surface area contributed by atoms with Crippen molar-refractivity contribution in [2.24, 2.45) is 0 Å². The average molecular weight is 505 g/mol. The molecule has 0 aromatic heterocycles. The van der Waals surface area contributed by atoms with Crippen LogP contribution in [-0.2, 0) is 21.4 Å². The van der Waals surface area contributed by atoms with Gasteiger partial charge < -0.3 is 19.5 Å². The number of anilines is 2. The van der Waals surface area contributed by atoms with E-state index < -0.39 is 10.0 Å². The van der Waals surface area contributed by atoms with Crippen molar-refractivity contribution < 1.29 is 27.4 Å². The third kappa shape index (κ3) is 6.79. The largest absolute Gasteiger partial charge is 0.493 e. The van der Waals surface area contributed by atoms with Crippen LogP contribution < -0.4 is 23.8 Å². The van der Waals surface area contributed by atoms with E-state index >= 15 is 0 Å². The molecule has 0 unspecified atom stereocenters. The maximum absolute atomic E-state index is 12.4. The fraction of sp³-hybridized carbons (Fsp3) is 0.208. The van der Waals surface area contributed by atoms with E-state index in [-0.39, 0.29) is 19.1 Å². The number of hydrogen-bond donors (Lipinski definition) is 1. The number of hydrogen-bond acceptors (Lipinski definition) is 6. The van der Waals surface area contributed by atoms with Gasteiger partial charge in [0.1, 0.15) is 5.75 Å². The molecule has 0 aliphatic heterocycles. The van der Waals surface area contributed by atoms with Crippen LogP contribution in [0, 0.1) is 0 Å². The van der Waals surface area contributed by atoms with Gasteiger partial charge in [-0.05, 0) is 54.1 Å². The highest BCUT2D eigenvalue weighted by molar-refractivity contribution is 7.92. The van der Waals surface area contributed by atoms with Gasteiger partial charge in [-0.25, -0.2) is 8.42 Å². The van der Waals surface area contributed by atoms with E-state index in [0.29, 0.717) is 33.6 Å². The van der Waals surface area contributed by atoms with Gasteiger partial charge in [-0.15, -0.1) is 0 Å². The Morgan fingerprint density at radius 3 is 2.18 bits per heavy atom. The van der Waals surface area contributed by atoms with Crippen LogP contribution in [0.25, 0.3) is 0 Å². The van der Waals surface area contributed by atoms with E-state index in [0.717, 1.165) is 11.8 Å². The Labute approximate surface area is 204 Å². The SMILES string of the molecule is COc1ccc(NC(=O)COc2ccc(N(Cc3ccc(Cl)cc3)S(C)(=O)=O)cc2)cc1OC. The first-order valence-corrected chi connectivity index (χ1v) is 12.4. The lowest BCUT2D eigenvalue weighted by Gasteiger charge is -2.23. The van der Waals surface area contributed by atoms with Crippen LogP contribution in [-0.4, -0.2) is 41.4 Å². The highest BCUT2D eigenvalue weighted by Crippen LogP contribution is 2.30. The molecule has 0 radical (unpaired) electrons. The number of halogens is 1. The molecule has 8 nitrogen and oxygen atoms in total. The predicted molar refractivity (Wildman–Crippen MR) is 133 cm³/mol. The van der Waals surface area contributed by atoms with Crippen molar-refractivity contribution >= 4 is 38.9 Å². The number of amides is 1. The number of sulfonamides is 1. The fourth-order valence-electron chi connectivity index (χ4n) is 3.12. The molecule has 3 aromatic rings. The molecule has 0 spiro atoms. The van der Waals surface area contributed by atoms with Crippen LogP contribution in [0.2, 0.25) is 5.02 Å². The van der Waals surface area contributed by atoms with Gasteiger partial charge in [0.05, 0.1) is 32.7 Å². The lowest BCUT2D eigenvalue weighted by molar-refractivity contribution is -0.118. The monoisotopic (exact) mass is 504 g/mol. The topological polar surface area (TPSA) is 94.2 Å². The van der Waals surface area contributed by atoms with E-state index in [1.54, 1.807) is 66.7 Å². The van der Waals surface area contributed by atoms with Gasteiger partial charge in [0.2, 0.25) is 10.0 Å². The van der Waals surface area contributed by atoms with Crippen LogP contribution in [0.5, 0.6) is 17.2 Å². The van der Waals surface area contributed by atoms with E-state index in [9.17, 15) is 13.2 Å². The van der Waals surface area contributed by atoms with Crippen molar-refractivity contribution in [2.45, 2.75) is 6.54 Å². The number of carbonyl (C=O) groups is 1. The number of nitrogens with zero attached hydrogens (tertiary/aromatic N) is 1. The molecule has 0 aliphatic rings. The minimum absolute atomic E-state index is 0.157. The highest BCUT2D eigenvalue weighted by atomic mass is 35.5. The molecule has 0 saturated carbocycles. The molecule has 0 heterocycles. The first kappa shape index (κ1) is 25.2. The molecule has 0 bridgehead atoms. The van der Waals surface area contributed by atoms with Gasteiger partial charge in [-0.2, -0.15) is 0 Å². The first-order valence-electron chi connectivity index (χ1n) is 10.2. The predicted octanol–water partition coefficient (Wildman–Crippen LogP) is 4.34. The number of rotatable bonds is 10. The molecule has 0 aliphatic carbocycles. The van der Waals surface area contributed by atoms with Crippen LogP contribution in [0.15, 0.2) is 66.7 Å². The van der Waals surface area contributed by atoms with Crippen molar-refractivity contribution in [3.8, 4) is 17.2 Å². The Balaban J connectivity index is 1.63. The summed E-state index contributed by atoms with van der Waals surface area (Å²) in [5.74, 6) is 1.10. The molecular formula is C24H25ClN2O6S. The zero-order chi connectivity index (χ0) is 24.7. The molecular weight excluding hydrogens is 480 g/mol. The maximum Gasteiger partial charge on any atom is 0.262 e. The zero-order valence-electron chi connectivity index (χ0n) is 18.9. The number of ether oxygens (including phenoxy) is 3. The standard InChI is InChI=1S/C24H25ClN2O6S/c1-31-22-13-8-19(14-23(22)32-2)26-24(28)16-33-21-11-9-20(10-12-21)27(34(3,29)30)15-17-4-6-18(25)7-5-17/h4-14H,15-16H2,1-3H3,(H,26,28). The van der Waals surface area contributed by atoms with E-state index in [2.05, 4.69) is 5.32 Å². The molecule has 10 heteroatoms. The number of benzene rings is 3. The summed E-state index contributed by atoms with van der Waals surface area (Å²) >= 11 is 5.91. The molecule has 180 valence electrons. The molecule has 34 heavy (non-hydrogen) atoms. The van der Waals surface area contributed by atoms with Gasteiger partial charge in [-0.1, -0.05) is 23.7 Å². The third-order valence-corrected chi connectivity index (χ3v) is 6.19. The Kier molecular flexibility index (Phi) is 8.25. The molecule has 3 aromatic carbocycles. The second-order valence-corrected chi connectivity index (χ2v) is 9.64. The summed E-state index contributed by atoms with van der Waals surface area (Å²) in [4.78, 5) is 12.3. The lowest BCUT2D eigenvalue weighted by atomic mass is 10.2. The second kappa shape index (κ2) is 11.1. The minimum Gasteiger partial charge on any atom is -0.493 e. The average Bonchev–Trinajstić information content (AvgIpc) is 2.82. The van der Waals surface area contributed by atoms with Gasteiger partial charge in [0.25, 0.3) is 5.91 Å². The summed E-state index contributed by atoms with van der Waals surface area (Å²) in [6.07, 6.45) is 1.14. The van der Waals surface area contributed by atoms with Crippen LogP contribution in [0.4, 0.5) is 11.4 Å². The van der Waals surface area contributed by atoms with Crippen molar-refractivity contribution in [1.29, 1.82) is 0 Å². The molecule has 3 rings (SSSR count). The summed E-state index contributed by atoms with van der Waals surface area (Å²) in [6, 6.07) is 18.5. The molecule has 0 atom stereocenters. The Morgan fingerprint density at radius 1 is 0.941 bits per heavy atom. The maximum atomic E-state index is 12.4. The Hall–Kier alpha value is -3.43. The normalized spacial score (nSPS) is 10.9. The van der Waals surface area contributed by atoms with Gasteiger partial charge in [0, 0.05) is 16.8 Å². The number of nitrogens with one attached hydrogen (secondary N) is 1. The zero-order valence-corrected chi connectivity index (χ0v) is 20.5. The summed E-state index contributed by atoms with van der Waals surface area (Å²) in [6.45, 7) is -0.0712. The molecule has 1 amide bonds. The van der Waals surface area contributed by atoms with Crippen molar-refractivity contribution in [2.75, 3.05) is 36.7 Å². The second-order valence-electron chi connectivity index (χ2n) is 7.30. The summed E-state index contributed by atoms with van der Waals surface area (Å²) in [5.41, 5.74) is 1.80. The van der Waals surface area contributed by atoms with Gasteiger partial charge >= 0.3 is 0 Å². The minimum atomic E-state index is -3.53. The molecule has 0 fully saturated rings. The van der Waals surface area contributed by atoms with E-state index in [1.807, 2.05) is 0 Å². The Morgan fingerprint density at radius 2 is 1.59 bits per heavy atom. The molecule has 1 N–H and O–H groups in total. The smallest absolute Gasteiger partial charge is 0.262 e. The van der Waals surface area contributed by atoms with Crippen LogP contribution >= 0.6 is 11.6 Å². The van der Waals surface area contributed by atoms with Crippen molar-refractivity contribution in [3.63, 3.8) is 0 Å². The third-order valence-electron chi connectivity index (χ3n) is 4.80. The number of methoxy groups -OCH3 is 2. The summed E-state index contributed by atoms with van der Waals surface area (Å²) < 4.78 is 42.0. The van der Waals surface area contributed by atoms with Gasteiger partial charge in [0.15, 0.2) is 18.1 Å². The quantitative estimate of drug-likeness (QED) is 0.441. The van der Waals surface area contributed by atoms with Crippen LogP contribution in [0.1, 0.15) is 5.56 Å². The summed E-state index contributed by atoms with van der Waals surface area (Å²) in [5, 5.41) is 3.30. The van der Waals surface area contributed by atoms with Crippen molar-refractivity contribution in [1.82, 2.24) is 0 Å². The van der Waals surface area contributed by atoms with Crippen molar-refractivity contribution in [3.05, 3.63) is 77.3 Å². The molecule has 0 saturated heterocycles. The lowest BCUT2D eigenvalue weighted by Crippen LogP contribution is -2.29. The number of carbonyl (C=O) groups excluding carboxylic acids is 1. The summed E-state index contributed by atoms with van der Waals surface area (Å²) in [7, 11) is -0.494. The fourth-order valence-corrected chi connectivity index (χ4v) is 4.14. The van der Waals surface area contributed by atoms with Crippen LogP contribution in [0.3, 0.4) is 0 Å². The Bertz CT molecular complexity index is 1230. The highest BCUT2D eigenvalue weighted by Gasteiger charge is 2.18.